The van der Waals surface area contributed by atoms with Crippen LogP contribution in [0.4, 0.5) is 29.6 Å². The number of anilines is 2. The summed E-state index contributed by atoms with van der Waals surface area (Å²) in [4.78, 5) is 54.3. The number of ether oxygens (including phenoxy) is 2. The number of fused-ring (bicyclic) bond motifs is 1. The van der Waals surface area contributed by atoms with Crippen molar-refractivity contribution in [3.63, 3.8) is 0 Å². The van der Waals surface area contributed by atoms with Crippen molar-refractivity contribution >= 4 is 58.1 Å². The lowest BCUT2D eigenvalue weighted by molar-refractivity contribution is -0.667. The van der Waals surface area contributed by atoms with Crippen LogP contribution in [-0.2, 0) is 34.0 Å². The first-order valence-corrected chi connectivity index (χ1v) is 14.6. The number of halogens is 4. The number of nitrogens with two attached hydrogens (primary N) is 2. The van der Waals surface area contributed by atoms with Gasteiger partial charge in [-0.05, 0) is 46.2 Å². The number of rotatable bonds is 11. The molecule has 20 heteroatoms. The van der Waals surface area contributed by atoms with Crippen molar-refractivity contribution in [1.82, 2.24) is 30.5 Å². The first kappa shape index (κ1) is 39.1. The zero-order chi connectivity index (χ0) is 36.4. The summed E-state index contributed by atoms with van der Waals surface area (Å²) >= 11 is 5.94. The number of amides is 3. The Labute approximate surface area is 277 Å². The van der Waals surface area contributed by atoms with Gasteiger partial charge in [0.15, 0.2) is 40.1 Å². The summed E-state index contributed by atoms with van der Waals surface area (Å²) in [6.07, 6.45) is -5.19. The Hall–Kier alpha value is -5.07. The Morgan fingerprint density at radius 1 is 1.04 bits per heavy atom. The number of methoxy groups -OCH3 is 1. The highest BCUT2D eigenvalue weighted by Gasteiger charge is 2.29. The minimum absolute atomic E-state index is 0.0177. The molecule has 0 radical (unpaired) electrons. The highest BCUT2D eigenvalue weighted by molar-refractivity contribution is 6.31. The molecule has 3 amide bonds. The summed E-state index contributed by atoms with van der Waals surface area (Å²) in [6.45, 7) is 8.57. The summed E-state index contributed by atoms with van der Waals surface area (Å²) in [5.74, 6) is -2.79. The number of hydrogen-bond donors (Lipinski definition) is 5. The molecule has 264 valence electrons. The van der Waals surface area contributed by atoms with Crippen LogP contribution in [-0.4, -0.2) is 70.4 Å². The van der Waals surface area contributed by atoms with E-state index in [-0.39, 0.29) is 41.5 Å². The number of nitrogens with one attached hydrogen (secondary N) is 3. The molecular weight excluding hydrogens is 667 g/mol. The fourth-order valence-corrected chi connectivity index (χ4v) is 4.22. The maximum Gasteiger partial charge on any atom is 0.430 e. The van der Waals surface area contributed by atoms with Gasteiger partial charge in [-0.3, -0.25) is 9.59 Å². The lowest BCUT2D eigenvalue weighted by Crippen LogP contribution is -2.47. The van der Waals surface area contributed by atoms with E-state index in [2.05, 4.69) is 25.9 Å². The molecule has 0 fully saturated rings. The minimum atomic E-state index is -5.19. The van der Waals surface area contributed by atoms with Crippen LogP contribution in [0.5, 0.6) is 5.75 Å². The number of aliphatic carboxylic acids is 1. The van der Waals surface area contributed by atoms with E-state index in [0.717, 1.165) is 11.0 Å². The van der Waals surface area contributed by atoms with Gasteiger partial charge >= 0.3 is 12.3 Å². The van der Waals surface area contributed by atoms with Gasteiger partial charge in [-0.2, -0.15) is 13.2 Å². The first-order valence-electron chi connectivity index (χ1n) is 14.3. The summed E-state index contributed by atoms with van der Waals surface area (Å²) in [6, 6.07) is 5.52. The molecule has 16 nitrogen and oxygen atoms in total. The zero-order valence-electron chi connectivity index (χ0n) is 26.8. The van der Waals surface area contributed by atoms with Crippen molar-refractivity contribution in [3.05, 3.63) is 34.9 Å². The number of imidazole rings is 1. The quantitative estimate of drug-likeness (QED) is 0.139. The average molecular weight is 704 g/mol. The van der Waals surface area contributed by atoms with E-state index in [1.54, 1.807) is 33.9 Å². The molecule has 0 bridgehead atoms. The summed E-state index contributed by atoms with van der Waals surface area (Å²) in [7, 11) is 1.57. The third-order valence-corrected chi connectivity index (χ3v) is 6.39. The van der Waals surface area contributed by atoms with Crippen molar-refractivity contribution < 1.29 is 51.5 Å². The number of carboxylic acids is 1. The molecule has 0 aliphatic rings. The van der Waals surface area contributed by atoms with Gasteiger partial charge in [-0.15, -0.1) is 0 Å². The van der Waals surface area contributed by atoms with Crippen molar-refractivity contribution in [3.8, 4) is 5.75 Å². The number of hydrogen-bond acceptors (Lipinski definition) is 11. The molecule has 7 N–H and O–H groups in total. The number of alkyl halides is 3. The van der Waals surface area contributed by atoms with Crippen molar-refractivity contribution in [2.45, 2.75) is 65.5 Å². The third-order valence-electron chi connectivity index (χ3n) is 6.11. The maximum atomic E-state index is 13.0. The van der Waals surface area contributed by atoms with Crippen molar-refractivity contribution in [2.75, 3.05) is 31.7 Å². The molecule has 2 heterocycles. The van der Waals surface area contributed by atoms with E-state index < -0.39 is 29.7 Å². The third kappa shape index (κ3) is 11.3. The van der Waals surface area contributed by atoms with Gasteiger partial charge in [0.2, 0.25) is 0 Å². The van der Waals surface area contributed by atoms with Gasteiger partial charge in [0.1, 0.15) is 23.9 Å². The SMILES string of the molecule is CCn1c(CNC(=O)c2nc(Cl)c(N)nc2N)[n+](CC(=O)NCCCNC(=O)OC(C)(C)C)c2ccc(OC)cc21.O=C([O-])C(F)(F)F. The smallest absolute Gasteiger partial charge is 0.430 e. The second-order valence-electron chi connectivity index (χ2n) is 10.8. The molecule has 0 atom stereocenters. The second kappa shape index (κ2) is 16.7. The summed E-state index contributed by atoms with van der Waals surface area (Å²) < 4.78 is 45.9. The van der Waals surface area contributed by atoms with Crippen LogP contribution in [0.2, 0.25) is 5.15 Å². The number of alkyl carbamates (subject to hydrolysis) is 1. The van der Waals surface area contributed by atoms with E-state index in [4.69, 9.17) is 42.4 Å². The van der Waals surface area contributed by atoms with E-state index in [9.17, 15) is 27.6 Å². The van der Waals surface area contributed by atoms with E-state index >= 15 is 0 Å². The Morgan fingerprint density at radius 2 is 1.67 bits per heavy atom. The van der Waals surface area contributed by atoms with Crippen LogP contribution >= 0.6 is 11.6 Å². The number of carboxylic acid groups (broad SMARTS) is 1. The molecule has 0 spiro atoms. The normalized spacial score (nSPS) is 11.3. The van der Waals surface area contributed by atoms with Crippen LogP contribution in [0.3, 0.4) is 0 Å². The lowest BCUT2D eigenvalue weighted by Gasteiger charge is -2.19. The predicted molar refractivity (Wildman–Crippen MR) is 164 cm³/mol. The van der Waals surface area contributed by atoms with E-state index in [1.807, 2.05) is 28.2 Å². The topological polar surface area (TPSA) is 233 Å². The molecule has 0 unspecified atom stereocenters. The largest absolute Gasteiger partial charge is 0.542 e. The number of aromatic nitrogens is 4. The van der Waals surface area contributed by atoms with Crippen LogP contribution in [0, 0.1) is 0 Å². The van der Waals surface area contributed by atoms with Gasteiger partial charge < -0.3 is 46.8 Å². The van der Waals surface area contributed by atoms with Crippen LogP contribution in [0.15, 0.2) is 18.2 Å². The standard InChI is InChI=1S/C26H36ClN9O5.C2HF3O2/c1-6-35-17-12-15(40-5)8-9-16(17)36(14-18(37)30-10-7-11-31-25(39)41-26(2,3)4)19(35)13-32-24(38)20-22(28)34-23(29)21(27)33-20;3-2(4,5)1(6)7/h8-9,12H,6-7,10-11,13-14H2,1-5H3,(H6-,28,29,30,31,32,34,37,38,39);(H,6,7). The molecule has 3 rings (SSSR count). The molecule has 0 aliphatic heterocycles. The Kier molecular flexibility index (Phi) is 13.6. The number of aryl methyl sites for hydroxylation is 1. The fraction of sp³-hybridized carbons (Fsp3) is 0.464. The summed E-state index contributed by atoms with van der Waals surface area (Å²) in [5.41, 5.74) is 12.3. The van der Waals surface area contributed by atoms with Crippen molar-refractivity contribution in [2.24, 2.45) is 0 Å². The van der Waals surface area contributed by atoms with Gasteiger partial charge in [0, 0.05) is 19.2 Å². The highest BCUT2D eigenvalue weighted by atomic mass is 35.5. The highest BCUT2D eigenvalue weighted by Crippen LogP contribution is 2.22. The Bertz CT molecular complexity index is 1640. The number of carbonyl (C=O) groups is 4. The number of carbonyl (C=O) groups excluding carboxylic acids is 4. The predicted octanol–water partition coefficient (Wildman–Crippen LogP) is 0.825. The average Bonchev–Trinajstić information content (AvgIpc) is 3.27. The molecule has 3 aromatic rings. The van der Waals surface area contributed by atoms with E-state index in [1.165, 1.54) is 0 Å². The fourth-order valence-electron chi connectivity index (χ4n) is 4.09. The molecule has 0 saturated carbocycles. The number of benzene rings is 1. The van der Waals surface area contributed by atoms with E-state index in [0.29, 0.717) is 37.6 Å². The Morgan fingerprint density at radius 3 is 2.23 bits per heavy atom. The van der Waals surface area contributed by atoms with Crippen molar-refractivity contribution in [1.29, 1.82) is 0 Å². The molecule has 2 aromatic heterocycles. The van der Waals surface area contributed by atoms with Gasteiger partial charge in [0.05, 0.1) is 13.7 Å². The Balaban J connectivity index is 0.00000103. The molecular formula is C28H37ClF3N9O7. The summed E-state index contributed by atoms with van der Waals surface area (Å²) in [5, 5.41) is 17.0. The lowest BCUT2D eigenvalue weighted by atomic mass is 10.2. The molecule has 0 aliphatic carbocycles. The van der Waals surface area contributed by atoms with Gasteiger partial charge in [-0.25, -0.2) is 23.9 Å². The van der Waals surface area contributed by atoms with Gasteiger partial charge in [-0.1, -0.05) is 11.6 Å². The molecule has 0 saturated heterocycles. The van der Waals surface area contributed by atoms with Gasteiger partial charge in [0.25, 0.3) is 17.6 Å². The molecule has 1 aromatic carbocycles. The van der Waals surface area contributed by atoms with Crippen LogP contribution in [0.1, 0.15) is 50.4 Å². The minimum Gasteiger partial charge on any atom is -0.542 e. The maximum absolute atomic E-state index is 13.0. The first-order chi connectivity index (χ1) is 22.3. The zero-order valence-corrected chi connectivity index (χ0v) is 27.5. The molecule has 48 heavy (non-hydrogen) atoms. The van der Waals surface area contributed by atoms with Crippen LogP contribution in [0.25, 0.3) is 11.0 Å². The number of nitrogen functional groups attached to an aromatic ring is 2. The van der Waals surface area contributed by atoms with Crippen LogP contribution < -0.4 is 41.8 Å². The second-order valence-corrected chi connectivity index (χ2v) is 11.2. The monoisotopic (exact) mass is 703 g/mol. The number of nitrogens with zero attached hydrogens (tertiary/aromatic N) is 4.